The maximum Gasteiger partial charge on any atom is 0.339 e. The normalized spacial score (nSPS) is 11.6. The highest BCUT2D eigenvalue weighted by Gasteiger charge is 2.30. The maximum atomic E-state index is 11.8. The van der Waals surface area contributed by atoms with Gasteiger partial charge in [-0.15, -0.1) is 5.10 Å². The standard InChI is InChI=1S/C13H19N3O5S2/c1-4-22(18,19)13(23(20,21)5-2)16-15-12(17)14-11-8-6-7-10(3)9-11/h6-9H,4-5H2,1-3H3,(H2,14,15,17). The Labute approximate surface area is 135 Å². The number of hydrogen-bond donors (Lipinski definition) is 2. The summed E-state index contributed by atoms with van der Waals surface area (Å²) >= 11 is 0. The highest BCUT2D eigenvalue weighted by molar-refractivity contribution is 8.31. The van der Waals surface area contributed by atoms with Crippen LogP contribution in [-0.2, 0) is 19.7 Å². The SMILES string of the molecule is CCS(=O)(=O)C(=NNC(=O)Nc1cccc(C)c1)S(=O)(=O)CC. The molecule has 0 aromatic heterocycles. The van der Waals surface area contributed by atoms with Crippen LogP contribution in [0.25, 0.3) is 0 Å². The predicted molar refractivity (Wildman–Crippen MR) is 89.7 cm³/mol. The summed E-state index contributed by atoms with van der Waals surface area (Å²) in [7, 11) is -8.17. The smallest absolute Gasteiger partial charge is 0.307 e. The molecule has 0 atom stereocenters. The van der Waals surface area contributed by atoms with E-state index in [0.717, 1.165) is 5.56 Å². The fourth-order valence-electron chi connectivity index (χ4n) is 1.56. The molecule has 2 N–H and O–H groups in total. The Bertz CT molecular complexity index is 778. The molecule has 0 aliphatic heterocycles. The molecule has 0 spiro atoms. The van der Waals surface area contributed by atoms with Gasteiger partial charge in [0, 0.05) is 5.69 Å². The van der Waals surface area contributed by atoms with E-state index in [9.17, 15) is 21.6 Å². The Balaban J connectivity index is 3.00. The zero-order chi connectivity index (χ0) is 17.7. The zero-order valence-corrected chi connectivity index (χ0v) is 14.7. The minimum absolute atomic E-state index is 0.438. The molecular weight excluding hydrogens is 342 g/mol. The number of carbonyl (C=O) groups is 1. The second kappa shape index (κ2) is 7.55. The van der Waals surface area contributed by atoms with Crippen molar-refractivity contribution >= 4 is 35.8 Å². The van der Waals surface area contributed by atoms with Gasteiger partial charge in [0.1, 0.15) is 0 Å². The molecule has 2 amide bonds. The van der Waals surface area contributed by atoms with Crippen molar-refractivity contribution in [2.24, 2.45) is 5.10 Å². The van der Waals surface area contributed by atoms with Gasteiger partial charge in [-0.05, 0) is 24.6 Å². The van der Waals surface area contributed by atoms with Gasteiger partial charge in [0.2, 0.25) is 19.7 Å². The number of hydrazone groups is 1. The molecule has 1 rings (SSSR count). The van der Waals surface area contributed by atoms with Crippen molar-refractivity contribution in [2.75, 3.05) is 16.8 Å². The van der Waals surface area contributed by atoms with Gasteiger partial charge in [-0.3, -0.25) is 0 Å². The summed E-state index contributed by atoms with van der Waals surface area (Å²) in [6.07, 6.45) is 0. The molecule has 0 unspecified atom stereocenters. The van der Waals surface area contributed by atoms with Gasteiger partial charge in [0.25, 0.3) is 4.38 Å². The van der Waals surface area contributed by atoms with Crippen molar-refractivity contribution in [1.82, 2.24) is 5.43 Å². The quantitative estimate of drug-likeness (QED) is 0.475. The van der Waals surface area contributed by atoms with E-state index in [2.05, 4.69) is 10.4 Å². The lowest BCUT2D eigenvalue weighted by molar-refractivity contribution is 0.252. The van der Waals surface area contributed by atoms with Crippen LogP contribution in [-0.4, -0.2) is 38.7 Å². The summed E-state index contributed by atoms with van der Waals surface area (Å²) in [6.45, 7) is 4.42. The van der Waals surface area contributed by atoms with Gasteiger partial charge in [0.15, 0.2) is 0 Å². The molecule has 0 saturated heterocycles. The van der Waals surface area contributed by atoms with Crippen molar-refractivity contribution in [2.45, 2.75) is 20.8 Å². The van der Waals surface area contributed by atoms with Crippen LogP contribution in [0.5, 0.6) is 0 Å². The lowest BCUT2D eigenvalue weighted by Gasteiger charge is -2.08. The summed E-state index contributed by atoms with van der Waals surface area (Å²) in [4.78, 5) is 11.7. The predicted octanol–water partition coefficient (Wildman–Crippen LogP) is 1.26. The number of nitrogens with zero attached hydrogens (tertiary/aromatic N) is 1. The van der Waals surface area contributed by atoms with Gasteiger partial charge >= 0.3 is 6.03 Å². The molecule has 0 aliphatic rings. The first kappa shape index (κ1) is 19.1. The van der Waals surface area contributed by atoms with Crippen molar-refractivity contribution in [3.05, 3.63) is 29.8 Å². The van der Waals surface area contributed by atoms with E-state index in [1.807, 2.05) is 18.4 Å². The number of hydrogen-bond acceptors (Lipinski definition) is 6. The topological polar surface area (TPSA) is 122 Å². The van der Waals surface area contributed by atoms with Gasteiger partial charge < -0.3 is 5.32 Å². The van der Waals surface area contributed by atoms with Crippen molar-refractivity contribution in [3.63, 3.8) is 0 Å². The number of urea groups is 1. The summed E-state index contributed by atoms with van der Waals surface area (Å²) < 4.78 is 46.3. The van der Waals surface area contributed by atoms with Crippen LogP contribution in [0.3, 0.4) is 0 Å². The van der Waals surface area contributed by atoms with E-state index in [4.69, 9.17) is 0 Å². The molecule has 10 heteroatoms. The van der Waals surface area contributed by atoms with Crippen LogP contribution >= 0.6 is 0 Å². The molecule has 1 aromatic carbocycles. The van der Waals surface area contributed by atoms with E-state index >= 15 is 0 Å². The van der Waals surface area contributed by atoms with Crippen molar-refractivity contribution < 1.29 is 21.6 Å². The first-order valence-corrected chi connectivity index (χ1v) is 10.1. The minimum atomic E-state index is -4.09. The number of aryl methyl sites for hydroxylation is 1. The number of anilines is 1. The molecular formula is C13H19N3O5S2. The molecule has 0 fully saturated rings. The third-order valence-electron chi connectivity index (χ3n) is 2.82. The number of nitrogens with one attached hydrogen (secondary N) is 2. The first-order valence-electron chi connectivity index (χ1n) is 6.79. The van der Waals surface area contributed by atoms with Crippen LogP contribution < -0.4 is 10.7 Å². The second-order valence-corrected chi connectivity index (χ2v) is 9.27. The van der Waals surface area contributed by atoms with Crippen molar-refractivity contribution in [1.29, 1.82) is 0 Å². The van der Waals surface area contributed by atoms with E-state index < -0.39 is 41.6 Å². The van der Waals surface area contributed by atoms with Crippen LogP contribution in [0.1, 0.15) is 19.4 Å². The lowest BCUT2D eigenvalue weighted by atomic mass is 10.2. The molecule has 0 radical (unpaired) electrons. The minimum Gasteiger partial charge on any atom is -0.307 e. The highest BCUT2D eigenvalue weighted by atomic mass is 32.3. The Morgan fingerprint density at radius 3 is 2.13 bits per heavy atom. The fraction of sp³-hybridized carbons (Fsp3) is 0.385. The summed E-state index contributed by atoms with van der Waals surface area (Å²) in [5.41, 5.74) is 3.29. The average molecular weight is 361 g/mol. The number of rotatable bonds is 4. The van der Waals surface area contributed by atoms with Gasteiger partial charge in [-0.25, -0.2) is 27.1 Å². The van der Waals surface area contributed by atoms with E-state index in [-0.39, 0.29) is 0 Å². The molecule has 0 saturated carbocycles. The number of carbonyl (C=O) groups excluding carboxylic acids is 1. The fourth-order valence-corrected chi connectivity index (χ4v) is 4.68. The number of sulfone groups is 2. The zero-order valence-electron chi connectivity index (χ0n) is 13.0. The molecule has 23 heavy (non-hydrogen) atoms. The Morgan fingerprint density at radius 2 is 1.65 bits per heavy atom. The molecule has 0 bridgehead atoms. The van der Waals surface area contributed by atoms with Crippen LogP contribution in [0.15, 0.2) is 29.4 Å². The van der Waals surface area contributed by atoms with Crippen LogP contribution in [0.2, 0.25) is 0 Å². The third-order valence-corrected chi connectivity index (χ3v) is 7.11. The number of amides is 2. The van der Waals surface area contributed by atoms with Gasteiger partial charge in [0.05, 0.1) is 11.5 Å². The highest BCUT2D eigenvalue weighted by Crippen LogP contribution is 2.09. The first-order chi connectivity index (χ1) is 10.6. The summed E-state index contributed by atoms with van der Waals surface area (Å²) in [6, 6.07) is 6.04. The van der Waals surface area contributed by atoms with Crippen molar-refractivity contribution in [3.8, 4) is 0 Å². The second-order valence-electron chi connectivity index (χ2n) is 4.62. The van der Waals surface area contributed by atoms with E-state index in [0.29, 0.717) is 5.69 Å². The maximum absolute atomic E-state index is 11.8. The third kappa shape index (κ3) is 5.32. The summed E-state index contributed by atoms with van der Waals surface area (Å²) in [5, 5.41) is 5.74. The van der Waals surface area contributed by atoms with E-state index in [1.165, 1.54) is 13.8 Å². The average Bonchev–Trinajstić information content (AvgIpc) is 2.47. The van der Waals surface area contributed by atoms with Gasteiger partial charge in [-0.1, -0.05) is 26.0 Å². The molecule has 0 heterocycles. The lowest BCUT2D eigenvalue weighted by Crippen LogP contribution is -2.33. The largest absolute Gasteiger partial charge is 0.339 e. The Hall–Kier alpha value is -1.94. The van der Waals surface area contributed by atoms with E-state index in [1.54, 1.807) is 18.2 Å². The van der Waals surface area contributed by atoms with Gasteiger partial charge in [-0.2, -0.15) is 0 Å². The summed E-state index contributed by atoms with van der Waals surface area (Å²) in [5.74, 6) is -0.877. The molecule has 128 valence electrons. The molecule has 1 aromatic rings. The molecule has 0 aliphatic carbocycles. The number of benzene rings is 1. The molecule has 8 nitrogen and oxygen atoms in total. The Kier molecular flexibility index (Phi) is 6.28. The van der Waals surface area contributed by atoms with Crippen LogP contribution in [0, 0.1) is 6.92 Å². The van der Waals surface area contributed by atoms with Crippen LogP contribution in [0.4, 0.5) is 10.5 Å². The monoisotopic (exact) mass is 361 g/mol. The Morgan fingerprint density at radius 1 is 1.09 bits per heavy atom.